The Morgan fingerprint density at radius 1 is 1.28 bits per heavy atom. The van der Waals surface area contributed by atoms with Gasteiger partial charge in [0.2, 0.25) is 0 Å². The van der Waals surface area contributed by atoms with Crippen molar-refractivity contribution < 1.29 is 4.39 Å². The molecule has 0 radical (unpaired) electrons. The summed E-state index contributed by atoms with van der Waals surface area (Å²) in [6.07, 6.45) is 0. The second-order valence-electron chi connectivity index (χ2n) is 6.00. The number of hydrogen-bond donors (Lipinski definition) is 1. The molecular formula is C15H24FNS. The molecule has 1 rings (SSSR count). The number of halogens is 1. The maximum Gasteiger partial charge on any atom is 0.137 e. The molecule has 3 heteroatoms. The molecule has 0 aliphatic heterocycles. The Kier molecular flexibility index (Phi) is 5.67. The summed E-state index contributed by atoms with van der Waals surface area (Å²) in [6, 6.07) is 5.53. The first-order valence-corrected chi connectivity index (χ1v) is 7.28. The predicted octanol–water partition coefficient (Wildman–Crippen LogP) is 4.46. The molecule has 0 aromatic heterocycles. The second kappa shape index (κ2) is 6.58. The van der Waals surface area contributed by atoms with Crippen LogP contribution in [0.25, 0.3) is 0 Å². The number of rotatable bonds is 5. The lowest BCUT2D eigenvalue weighted by Gasteiger charge is -2.18. The van der Waals surface area contributed by atoms with Gasteiger partial charge in [0.25, 0.3) is 0 Å². The van der Waals surface area contributed by atoms with Gasteiger partial charge in [-0.25, -0.2) is 4.39 Å². The minimum atomic E-state index is -0.112. The number of nitrogens with one attached hydrogen (secondary N) is 1. The average Bonchev–Trinajstić information content (AvgIpc) is 2.19. The van der Waals surface area contributed by atoms with E-state index in [0.29, 0.717) is 5.92 Å². The van der Waals surface area contributed by atoms with Crippen molar-refractivity contribution in [3.8, 4) is 0 Å². The molecule has 1 N–H and O–H groups in total. The van der Waals surface area contributed by atoms with Crippen LogP contribution in [0.4, 0.5) is 4.39 Å². The molecule has 0 bridgehead atoms. The quantitative estimate of drug-likeness (QED) is 0.792. The van der Waals surface area contributed by atoms with Gasteiger partial charge < -0.3 is 5.32 Å². The summed E-state index contributed by atoms with van der Waals surface area (Å²) in [5.74, 6) is 0.504. The molecule has 0 aliphatic carbocycles. The van der Waals surface area contributed by atoms with Crippen LogP contribution < -0.4 is 5.32 Å². The molecule has 1 aromatic carbocycles. The number of hydrogen-bond acceptors (Lipinski definition) is 2. The monoisotopic (exact) mass is 269 g/mol. The Labute approximate surface area is 115 Å². The van der Waals surface area contributed by atoms with Crippen LogP contribution in [0.1, 0.15) is 40.2 Å². The number of thioether (sulfide) groups is 1. The third-order valence-corrected chi connectivity index (χ3v) is 3.46. The Morgan fingerprint density at radius 2 is 1.94 bits per heavy atom. The Balaban J connectivity index is 2.62. The molecule has 0 amide bonds. The van der Waals surface area contributed by atoms with Crippen molar-refractivity contribution in [3.05, 3.63) is 29.6 Å². The maximum absolute atomic E-state index is 13.9. The highest BCUT2D eigenvalue weighted by atomic mass is 32.2. The van der Waals surface area contributed by atoms with Crippen LogP contribution in [0.5, 0.6) is 0 Å². The SMILES string of the molecule is CC(C)CNCc1ccc(SC(C)(C)C)c(F)c1. The van der Waals surface area contributed by atoms with Gasteiger partial charge in [-0.05, 0) is 30.2 Å². The standard InChI is InChI=1S/C15H24FNS/c1-11(2)9-17-10-12-6-7-14(13(16)8-12)18-15(3,4)5/h6-8,11,17H,9-10H2,1-5H3. The molecular weight excluding hydrogens is 245 g/mol. The summed E-state index contributed by atoms with van der Waals surface area (Å²) >= 11 is 1.57. The predicted molar refractivity (Wildman–Crippen MR) is 78.6 cm³/mol. The smallest absolute Gasteiger partial charge is 0.137 e. The van der Waals surface area contributed by atoms with Crippen LogP contribution in [-0.4, -0.2) is 11.3 Å². The van der Waals surface area contributed by atoms with Crippen molar-refractivity contribution in [3.63, 3.8) is 0 Å². The summed E-state index contributed by atoms with van der Waals surface area (Å²) in [5.41, 5.74) is 1.01. The van der Waals surface area contributed by atoms with E-state index >= 15 is 0 Å². The van der Waals surface area contributed by atoms with Gasteiger partial charge in [-0.1, -0.05) is 40.7 Å². The van der Waals surface area contributed by atoms with Gasteiger partial charge in [-0.15, -0.1) is 11.8 Å². The zero-order valence-corrected chi connectivity index (χ0v) is 12.8. The molecule has 0 atom stereocenters. The van der Waals surface area contributed by atoms with E-state index in [9.17, 15) is 4.39 Å². The van der Waals surface area contributed by atoms with Crippen LogP contribution in [0.3, 0.4) is 0 Å². The van der Waals surface area contributed by atoms with Crippen molar-refractivity contribution in [1.82, 2.24) is 5.32 Å². The fraction of sp³-hybridized carbons (Fsp3) is 0.600. The lowest BCUT2D eigenvalue weighted by molar-refractivity contribution is 0.548. The van der Waals surface area contributed by atoms with Crippen LogP contribution in [0, 0.1) is 11.7 Å². The topological polar surface area (TPSA) is 12.0 Å². The Bertz CT molecular complexity index is 383. The van der Waals surface area contributed by atoms with Crippen LogP contribution in [0.15, 0.2) is 23.1 Å². The molecule has 0 saturated carbocycles. The fourth-order valence-corrected chi connectivity index (χ4v) is 2.52. The van der Waals surface area contributed by atoms with E-state index < -0.39 is 0 Å². The van der Waals surface area contributed by atoms with Crippen LogP contribution in [0.2, 0.25) is 0 Å². The maximum atomic E-state index is 13.9. The molecule has 18 heavy (non-hydrogen) atoms. The van der Waals surface area contributed by atoms with Gasteiger partial charge in [-0.3, -0.25) is 0 Å². The molecule has 0 fully saturated rings. The van der Waals surface area contributed by atoms with Gasteiger partial charge in [0, 0.05) is 16.2 Å². The van der Waals surface area contributed by atoms with Crippen molar-refractivity contribution in [2.24, 2.45) is 5.92 Å². The van der Waals surface area contributed by atoms with E-state index in [1.54, 1.807) is 17.8 Å². The summed E-state index contributed by atoms with van der Waals surface area (Å²) in [6.45, 7) is 12.3. The van der Waals surface area contributed by atoms with Gasteiger partial charge >= 0.3 is 0 Å². The molecule has 0 unspecified atom stereocenters. The van der Waals surface area contributed by atoms with Gasteiger partial charge in [-0.2, -0.15) is 0 Å². The van der Waals surface area contributed by atoms with E-state index in [0.717, 1.165) is 23.5 Å². The lowest BCUT2D eigenvalue weighted by Crippen LogP contribution is -2.19. The normalized spacial score (nSPS) is 12.2. The summed E-state index contributed by atoms with van der Waals surface area (Å²) in [7, 11) is 0. The Hall–Kier alpha value is -0.540. The zero-order valence-electron chi connectivity index (χ0n) is 12.0. The molecule has 0 saturated heterocycles. The molecule has 1 aromatic rings. The van der Waals surface area contributed by atoms with Crippen molar-refractivity contribution in [1.29, 1.82) is 0 Å². The average molecular weight is 269 g/mol. The van der Waals surface area contributed by atoms with E-state index in [1.165, 1.54) is 0 Å². The number of benzene rings is 1. The highest BCUT2D eigenvalue weighted by molar-refractivity contribution is 8.00. The molecule has 102 valence electrons. The van der Waals surface area contributed by atoms with E-state index in [2.05, 4.69) is 39.9 Å². The Morgan fingerprint density at radius 3 is 2.44 bits per heavy atom. The van der Waals surface area contributed by atoms with E-state index in [4.69, 9.17) is 0 Å². The first kappa shape index (κ1) is 15.5. The fourth-order valence-electron chi connectivity index (χ4n) is 1.57. The third kappa shape index (κ3) is 5.87. The van der Waals surface area contributed by atoms with E-state index in [-0.39, 0.29) is 10.6 Å². The van der Waals surface area contributed by atoms with Gasteiger partial charge in [0.15, 0.2) is 0 Å². The molecule has 0 heterocycles. The lowest BCUT2D eigenvalue weighted by atomic mass is 10.2. The highest BCUT2D eigenvalue weighted by Gasteiger charge is 2.15. The molecule has 0 spiro atoms. The summed E-state index contributed by atoms with van der Waals surface area (Å²) < 4.78 is 14.0. The van der Waals surface area contributed by atoms with E-state index in [1.807, 2.05) is 12.1 Å². The van der Waals surface area contributed by atoms with Crippen molar-refractivity contribution in [2.75, 3.05) is 6.54 Å². The largest absolute Gasteiger partial charge is 0.312 e. The first-order chi connectivity index (χ1) is 8.28. The first-order valence-electron chi connectivity index (χ1n) is 6.46. The molecule has 1 nitrogen and oxygen atoms in total. The molecule has 0 aliphatic rings. The van der Waals surface area contributed by atoms with Crippen molar-refractivity contribution >= 4 is 11.8 Å². The van der Waals surface area contributed by atoms with Crippen LogP contribution in [-0.2, 0) is 6.54 Å². The van der Waals surface area contributed by atoms with Crippen molar-refractivity contribution in [2.45, 2.75) is 50.8 Å². The minimum absolute atomic E-state index is 0.0399. The highest BCUT2D eigenvalue weighted by Crippen LogP contribution is 2.33. The van der Waals surface area contributed by atoms with Crippen LogP contribution >= 0.6 is 11.8 Å². The summed E-state index contributed by atoms with van der Waals surface area (Å²) in [4.78, 5) is 0.732. The second-order valence-corrected chi connectivity index (χ2v) is 7.87. The third-order valence-electron chi connectivity index (χ3n) is 2.29. The van der Waals surface area contributed by atoms with Gasteiger partial charge in [0.05, 0.1) is 0 Å². The minimum Gasteiger partial charge on any atom is -0.312 e. The van der Waals surface area contributed by atoms with Gasteiger partial charge in [0.1, 0.15) is 5.82 Å². The zero-order chi connectivity index (χ0) is 13.8. The summed E-state index contributed by atoms with van der Waals surface area (Å²) in [5, 5.41) is 3.32.